The SMILES string of the molecule is Cl.Cl.NC(=O)c1ccn[nH]1. The van der Waals surface area contributed by atoms with Gasteiger partial charge >= 0.3 is 0 Å². The lowest BCUT2D eigenvalue weighted by atomic mass is 10.4. The molecule has 1 heterocycles. The van der Waals surface area contributed by atoms with Crippen molar-refractivity contribution < 1.29 is 4.79 Å². The van der Waals surface area contributed by atoms with Crippen molar-refractivity contribution >= 4 is 30.7 Å². The molecule has 0 aliphatic carbocycles. The first kappa shape index (κ1) is 12.0. The number of carbonyl (C=O) groups excluding carboxylic acids is 1. The van der Waals surface area contributed by atoms with Crippen molar-refractivity contribution in [3.05, 3.63) is 18.0 Å². The third-order valence-electron chi connectivity index (χ3n) is 0.766. The second-order valence-corrected chi connectivity index (χ2v) is 1.33. The number of primary amides is 1. The lowest BCUT2D eigenvalue weighted by Gasteiger charge is -1.80. The monoisotopic (exact) mass is 183 g/mol. The molecule has 0 radical (unpaired) electrons. The zero-order chi connectivity index (χ0) is 5.98. The molecule has 58 valence electrons. The molecule has 4 nitrogen and oxygen atoms in total. The summed E-state index contributed by atoms with van der Waals surface area (Å²) in [5.74, 6) is -0.484. The molecular formula is C4H7Cl2N3O. The predicted octanol–water partition coefficient (Wildman–Crippen LogP) is 0.352. The molecule has 0 atom stereocenters. The fourth-order valence-electron chi connectivity index (χ4n) is 0.393. The second-order valence-electron chi connectivity index (χ2n) is 1.33. The summed E-state index contributed by atoms with van der Waals surface area (Å²) >= 11 is 0. The Labute approximate surface area is 70.0 Å². The first-order valence-electron chi connectivity index (χ1n) is 2.10. The van der Waals surface area contributed by atoms with Gasteiger partial charge in [0.25, 0.3) is 5.91 Å². The number of aromatic amines is 1. The molecule has 0 unspecified atom stereocenters. The molecule has 0 spiro atoms. The molecule has 0 aromatic carbocycles. The Balaban J connectivity index is 0. The largest absolute Gasteiger partial charge is 0.364 e. The van der Waals surface area contributed by atoms with Crippen LogP contribution in [0.5, 0.6) is 0 Å². The molecule has 1 aromatic rings. The summed E-state index contributed by atoms with van der Waals surface area (Å²) in [5.41, 5.74) is 5.19. The third kappa shape index (κ3) is 2.70. The summed E-state index contributed by atoms with van der Waals surface area (Å²) in [6, 6.07) is 1.52. The Morgan fingerprint density at radius 1 is 1.60 bits per heavy atom. The van der Waals surface area contributed by atoms with Crippen LogP contribution in [-0.2, 0) is 0 Å². The van der Waals surface area contributed by atoms with Crippen LogP contribution in [0.4, 0.5) is 0 Å². The van der Waals surface area contributed by atoms with Crippen LogP contribution in [0.3, 0.4) is 0 Å². The van der Waals surface area contributed by atoms with Crippen LogP contribution >= 0.6 is 24.8 Å². The predicted molar refractivity (Wildman–Crippen MR) is 41.6 cm³/mol. The van der Waals surface area contributed by atoms with E-state index < -0.39 is 5.91 Å². The molecule has 1 aromatic heterocycles. The summed E-state index contributed by atoms with van der Waals surface area (Å²) in [5, 5.41) is 5.93. The van der Waals surface area contributed by atoms with Crippen molar-refractivity contribution in [3.8, 4) is 0 Å². The van der Waals surface area contributed by atoms with Crippen molar-refractivity contribution in [1.82, 2.24) is 10.2 Å². The zero-order valence-electron chi connectivity index (χ0n) is 4.90. The lowest BCUT2D eigenvalue weighted by molar-refractivity contribution is 0.0995. The summed E-state index contributed by atoms with van der Waals surface area (Å²) in [7, 11) is 0. The topological polar surface area (TPSA) is 71.8 Å². The Hall–Kier alpha value is -0.740. The number of halogens is 2. The van der Waals surface area contributed by atoms with Gasteiger partial charge in [-0.25, -0.2) is 0 Å². The van der Waals surface area contributed by atoms with Gasteiger partial charge in [-0.05, 0) is 6.07 Å². The van der Waals surface area contributed by atoms with Gasteiger partial charge in [0.15, 0.2) is 0 Å². The van der Waals surface area contributed by atoms with Gasteiger partial charge in [-0.15, -0.1) is 24.8 Å². The van der Waals surface area contributed by atoms with Gasteiger partial charge < -0.3 is 5.73 Å². The highest BCUT2D eigenvalue weighted by Crippen LogP contribution is 1.85. The maximum atomic E-state index is 10.2. The first-order chi connectivity index (χ1) is 3.80. The van der Waals surface area contributed by atoms with E-state index in [9.17, 15) is 4.79 Å². The maximum Gasteiger partial charge on any atom is 0.266 e. The van der Waals surface area contributed by atoms with Crippen molar-refractivity contribution in [3.63, 3.8) is 0 Å². The van der Waals surface area contributed by atoms with E-state index in [2.05, 4.69) is 10.2 Å². The van der Waals surface area contributed by atoms with Crippen molar-refractivity contribution in [2.75, 3.05) is 0 Å². The molecule has 0 saturated carbocycles. The standard InChI is InChI=1S/C4H5N3O.2ClH/c5-4(8)3-1-2-6-7-3;;/h1-2H,(H2,5,8)(H,6,7);2*1H. The Kier molecular flexibility index (Phi) is 6.09. The minimum atomic E-state index is -0.484. The molecule has 0 saturated heterocycles. The average Bonchev–Trinajstić information content (AvgIpc) is 2.12. The van der Waals surface area contributed by atoms with Crippen LogP contribution in [-0.4, -0.2) is 16.1 Å². The van der Waals surface area contributed by atoms with E-state index >= 15 is 0 Å². The van der Waals surface area contributed by atoms with Crippen LogP contribution in [0.15, 0.2) is 12.3 Å². The van der Waals surface area contributed by atoms with E-state index in [0.717, 1.165) is 0 Å². The molecule has 1 rings (SSSR count). The van der Waals surface area contributed by atoms with Gasteiger partial charge in [0.1, 0.15) is 5.69 Å². The summed E-state index contributed by atoms with van der Waals surface area (Å²) in [6.07, 6.45) is 1.47. The van der Waals surface area contributed by atoms with E-state index in [1.807, 2.05) is 0 Å². The molecule has 6 heteroatoms. The highest BCUT2D eigenvalue weighted by atomic mass is 35.5. The van der Waals surface area contributed by atoms with Crippen molar-refractivity contribution in [1.29, 1.82) is 0 Å². The van der Waals surface area contributed by atoms with Crippen molar-refractivity contribution in [2.45, 2.75) is 0 Å². The van der Waals surface area contributed by atoms with Crippen LogP contribution in [0.2, 0.25) is 0 Å². The fourth-order valence-corrected chi connectivity index (χ4v) is 0.393. The highest BCUT2D eigenvalue weighted by Gasteiger charge is 1.96. The van der Waals surface area contributed by atoms with Crippen molar-refractivity contribution in [2.24, 2.45) is 5.73 Å². The summed E-state index contributed by atoms with van der Waals surface area (Å²) < 4.78 is 0. The normalized spacial score (nSPS) is 7.20. The smallest absolute Gasteiger partial charge is 0.266 e. The zero-order valence-corrected chi connectivity index (χ0v) is 6.54. The lowest BCUT2D eigenvalue weighted by Crippen LogP contribution is -2.10. The Bertz CT molecular complexity index is 186. The Morgan fingerprint density at radius 2 is 2.20 bits per heavy atom. The van der Waals surface area contributed by atoms with Gasteiger partial charge in [-0.1, -0.05) is 0 Å². The van der Waals surface area contributed by atoms with E-state index in [1.165, 1.54) is 12.3 Å². The van der Waals surface area contributed by atoms with Crippen LogP contribution in [0, 0.1) is 0 Å². The highest BCUT2D eigenvalue weighted by molar-refractivity contribution is 5.90. The molecule has 0 bridgehead atoms. The van der Waals surface area contributed by atoms with Gasteiger partial charge in [0.05, 0.1) is 0 Å². The minimum Gasteiger partial charge on any atom is -0.364 e. The Morgan fingerprint density at radius 3 is 2.40 bits per heavy atom. The number of carbonyl (C=O) groups is 1. The molecular weight excluding hydrogens is 177 g/mol. The van der Waals surface area contributed by atoms with Gasteiger partial charge in [0.2, 0.25) is 0 Å². The van der Waals surface area contributed by atoms with Gasteiger partial charge in [0, 0.05) is 6.20 Å². The number of rotatable bonds is 1. The van der Waals surface area contributed by atoms with Gasteiger partial charge in [-0.2, -0.15) is 5.10 Å². The molecule has 0 aliphatic rings. The minimum absolute atomic E-state index is 0. The van der Waals surface area contributed by atoms with E-state index in [0.29, 0.717) is 5.69 Å². The van der Waals surface area contributed by atoms with Gasteiger partial charge in [-0.3, -0.25) is 9.89 Å². The summed E-state index contributed by atoms with van der Waals surface area (Å²) in [6.45, 7) is 0. The van der Waals surface area contributed by atoms with E-state index in [-0.39, 0.29) is 24.8 Å². The maximum absolute atomic E-state index is 10.2. The van der Waals surface area contributed by atoms with Crippen LogP contribution in [0.1, 0.15) is 10.5 Å². The number of nitrogens with zero attached hydrogens (tertiary/aromatic N) is 1. The number of H-pyrrole nitrogens is 1. The molecule has 0 fully saturated rings. The molecule has 3 N–H and O–H groups in total. The van der Waals surface area contributed by atoms with Crippen LogP contribution < -0.4 is 5.73 Å². The second kappa shape index (κ2) is 5.08. The number of nitrogens with one attached hydrogen (secondary N) is 1. The molecule has 10 heavy (non-hydrogen) atoms. The summed E-state index contributed by atoms with van der Waals surface area (Å²) in [4.78, 5) is 10.2. The number of hydrogen-bond donors (Lipinski definition) is 2. The quantitative estimate of drug-likeness (QED) is 0.660. The van der Waals surface area contributed by atoms with E-state index in [1.54, 1.807) is 0 Å². The average molecular weight is 184 g/mol. The third-order valence-corrected chi connectivity index (χ3v) is 0.766. The number of aromatic nitrogens is 2. The number of nitrogens with two attached hydrogens (primary N) is 1. The molecule has 1 amide bonds. The van der Waals surface area contributed by atoms with Crippen LogP contribution in [0.25, 0.3) is 0 Å². The fraction of sp³-hybridized carbons (Fsp3) is 0. The number of hydrogen-bond acceptors (Lipinski definition) is 2. The molecule has 0 aliphatic heterocycles. The van der Waals surface area contributed by atoms with E-state index in [4.69, 9.17) is 5.73 Å². The first-order valence-corrected chi connectivity index (χ1v) is 2.10. The number of amides is 1.